The van der Waals surface area contributed by atoms with Crippen LogP contribution in [0.4, 0.5) is 0 Å². The molecule has 3 rings (SSSR count). The number of thiophene rings is 1. The van der Waals surface area contributed by atoms with E-state index in [-0.39, 0.29) is 0 Å². The van der Waals surface area contributed by atoms with E-state index in [1.165, 1.54) is 12.8 Å². The van der Waals surface area contributed by atoms with Crippen molar-refractivity contribution in [2.45, 2.75) is 24.9 Å². The third kappa shape index (κ3) is 1.53. The number of fused-ring (bicyclic) bond motifs is 1. The molecule has 0 aromatic carbocycles. The predicted molar refractivity (Wildman–Crippen MR) is 66.5 cm³/mol. The zero-order valence-electron chi connectivity index (χ0n) is 9.72. The first-order chi connectivity index (χ1) is 7.70. The highest BCUT2D eigenvalue weighted by Gasteiger charge is 2.48. The van der Waals surface area contributed by atoms with Crippen LogP contribution in [0.15, 0.2) is 16.8 Å². The maximum absolute atomic E-state index is 11.0. The number of rotatable bonds is 1. The molecule has 2 nitrogen and oxygen atoms in total. The zero-order valence-corrected chi connectivity index (χ0v) is 10.5. The van der Waals surface area contributed by atoms with Crippen molar-refractivity contribution in [3.8, 4) is 0 Å². The van der Waals surface area contributed by atoms with E-state index in [2.05, 4.69) is 28.8 Å². The average Bonchev–Trinajstić information content (AvgIpc) is 2.85. The molecular weight excluding hydrogens is 218 g/mol. The van der Waals surface area contributed by atoms with Crippen molar-refractivity contribution in [2.75, 3.05) is 20.1 Å². The van der Waals surface area contributed by atoms with Gasteiger partial charge < -0.3 is 10.0 Å². The minimum Gasteiger partial charge on any atom is -0.385 e. The van der Waals surface area contributed by atoms with E-state index in [4.69, 9.17) is 0 Å². The summed E-state index contributed by atoms with van der Waals surface area (Å²) in [7, 11) is 2.17. The summed E-state index contributed by atoms with van der Waals surface area (Å²) in [5, 5.41) is 15.2. The number of aliphatic hydroxyl groups is 1. The van der Waals surface area contributed by atoms with Gasteiger partial charge in [-0.3, -0.25) is 0 Å². The molecule has 1 aliphatic carbocycles. The van der Waals surface area contributed by atoms with Crippen molar-refractivity contribution in [3.63, 3.8) is 0 Å². The zero-order chi connectivity index (χ0) is 11.2. The molecule has 1 N–H and O–H groups in total. The molecule has 16 heavy (non-hydrogen) atoms. The molecule has 88 valence electrons. The smallest absolute Gasteiger partial charge is 0.0947 e. The van der Waals surface area contributed by atoms with Crippen molar-refractivity contribution in [3.05, 3.63) is 22.4 Å². The highest BCUT2D eigenvalue weighted by atomic mass is 32.1. The molecule has 0 bridgehead atoms. The highest BCUT2D eigenvalue weighted by molar-refractivity contribution is 7.08. The Morgan fingerprint density at radius 1 is 1.50 bits per heavy atom. The minimum absolute atomic E-state index is 0.445. The largest absolute Gasteiger partial charge is 0.385 e. The van der Waals surface area contributed by atoms with E-state index >= 15 is 0 Å². The Hall–Kier alpha value is -0.380. The maximum Gasteiger partial charge on any atom is 0.0947 e. The third-order valence-electron chi connectivity index (χ3n) is 4.39. The standard InChI is InChI=1S/C13H19NOS/c1-14-7-10-3-2-5-13(15,12(10)8-14)11-4-6-16-9-11/h4,6,9-10,12,15H,2-3,5,7-8H2,1H3/t10-,12-,13+/m1/s1. The van der Waals surface area contributed by atoms with Gasteiger partial charge in [0.2, 0.25) is 0 Å². The predicted octanol–water partition coefficient (Wildman–Crippen LogP) is 2.30. The van der Waals surface area contributed by atoms with Gasteiger partial charge in [-0.15, -0.1) is 0 Å². The Labute approximate surface area is 101 Å². The first-order valence-electron chi connectivity index (χ1n) is 6.14. The van der Waals surface area contributed by atoms with Gasteiger partial charge in [0, 0.05) is 19.0 Å². The molecule has 0 unspecified atom stereocenters. The van der Waals surface area contributed by atoms with Gasteiger partial charge in [0.05, 0.1) is 5.60 Å². The number of nitrogens with zero attached hydrogens (tertiary/aromatic N) is 1. The summed E-state index contributed by atoms with van der Waals surface area (Å²) < 4.78 is 0. The van der Waals surface area contributed by atoms with Crippen LogP contribution < -0.4 is 0 Å². The van der Waals surface area contributed by atoms with Crippen molar-refractivity contribution in [2.24, 2.45) is 11.8 Å². The molecule has 2 aliphatic rings. The molecule has 1 aliphatic heterocycles. The van der Waals surface area contributed by atoms with Crippen molar-refractivity contribution >= 4 is 11.3 Å². The molecule has 3 atom stereocenters. The number of hydrogen-bond donors (Lipinski definition) is 1. The lowest BCUT2D eigenvalue weighted by Gasteiger charge is -2.41. The SMILES string of the molecule is CN1C[C@H]2CCC[C@](O)(c3ccsc3)[C@@H]2C1. The Morgan fingerprint density at radius 3 is 3.12 bits per heavy atom. The lowest BCUT2D eigenvalue weighted by Crippen LogP contribution is -2.42. The van der Waals surface area contributed by atoms with E-state index < -0.39 is 5.60 Å². The molecular formula is C13H19NOS. The molecule has 1 saturated carbocycles. The second-order valence-corrected chi connectivity index (χ2v) is 6.20. The molecule has 0 radical (unpaired) electrons. The molecule has 2 fully saturated rings. The molecule has 0 amide bonds. The first kappa shape index (κ1) is 10.8. The van der Waals surface area contributed by atoms with Crippen LogP contribution in [-0.2, 0) is 5.60 Å². The van der Waals surface area contributed by atoms with Gasteiger partial charge in [0.1, 0.15) is 0 Å². The van der Waals surface area contributed by atoms with E-state index in [1.807, 2.05) is 0 Å². The van der Waals surface area contributed by atoms with E-state index in [0.717, 1.165) is 25.1 Å². The van der Waals surface area contributed by atoms with Gasteiger partial charge in [-0.2, -0.15) is 11.3 Å². The summed E-state index contributed by atoms with van der Waals surface area (Å²) in [5.41, 5.74) is 0.607. The lowest BCUT2D eigenvalue weighted by atomic mass is 9.68. The summed E-state index contributed by atoms with van der Waals surface area (Å²) in [5.74, 6) is 1.14. The maximum atomic E-state index is 11.0. The van der Waals surface area contributed by atoms with Gasteiger partial charge in [-0.1, -0.05) is 0 Å². The fourth-order valence-electron chi connectivity index (χ4n) is 3.61. The summed E-state index contributed by atoms with van der Waals surface area (Å²) in [6, 6.07) is 2.10. The fraction of sp³-hybridized carbons (Fsp3) is 0.692. The van der Waals surface area contributed by atoms with E-state index in [0.29, 0.717) is 11.8 Å². The van der Waals surface area contributed by atoms with Crippen molar-refractivity contribution < 1.29 is 5.11 Å². The summed E-state index contributed by atoms with van der Waals surface area (Å²) >= 11 is 1.69. The average molecular weight is 237 g/mol. The normalized spacial score (nSPS) is 39.9. The van der Waals surface area contributed by atoms with Gasteiger partial charge in [0.25, 0.3) is 0 Å². The molecule has 0 spiro atoms. The van der Waals surface area contributed by atoms with Gasteiger partial charge in [-0.05, 0) is 54.6 Å². The second-order valence-electron chi connectivity index (χ2n) is 5.42. The Kier molecular flexibility index (Phi) is 2.57. The van der Waals surface area contributed by atoms with Crippen LogP contribution in [0.2, 0.25) is 0 Å². The van der Waals surface area contributed by atoms with Crippen LogP contribution in [0.3, 0.4) is 0 Å². The van der Waals surface area contributed by atoms with E-state index in [1.54, 1.807) is 11.3 Å². The lowest BCUT2D eigenvalue weighted by molar-refractivity contribution is -0.0642. The number of hydrogen-bond acceptors (Lipinski definition) is 3. The van der Waals surface area contributed by atoms with Crippen molar-refractivity contribution in [1.82, 2.24) is 4.90 Å². The highest BCUT2D eigenvalue weighted by Crippen LogP contribution is 2.48. The quantitative estimate of drug-likeness (QED) is 0.810. The summed E-state index contributed by atoms with van der Waals surface area (Å²) in [4.78, 5) is 2.37. The van der Waals surface area contributed by atoms with Crippen LogP contribution >= 0.6 is 11.3 Å². The summed E-state index contributed by atoms with van der Waals surface area (Å²) in [6.45, 7) is 2.22. The molecule has 3 heteroatoms. The van der Waals surface area contributed by atoms with Gasteiger partial charge in [-0.25, -0.2) is 0 Å². The Morgan fingerprint density at radius 2 is 2.38 bits per heavy atom. The first-order valence-corrected chi connectivity index (χ1v) is 7.08. The molecule has 1 aromatic heterocycles. The minimum atomic E-state index is -0.548. The van der Waals surface area contributed by atoms with Crippen LogP contribution in [0.25, 0.3) is 0 Å². The molecule has 1 saturated heterocycles. The second kappa shape index (κ2) is 3.83. The van der Waals surface area contributed by atoms with Gasteiger partial charge >= 0.3 is 0 Å². The van der Waals surface area contributed by atoms with Gasteiger partial charge in [0.15, 0.2) is 0 Å². The van der Waals surface area contributed by atoms with Crippen LogP contribution in [0, 0.1) is 11.8 Å². The van der Waals surface area contributed by atoms with Crippen LogP contribution in [0.1, 0.15) is 24.8 Å². The van der Waals surface area contributed by atoms with Crippen molar-refractivity contribution in [1.29, 1.82) is 0 Å². The monoisotopic (exact) mass is 237 g/mol. The third-order valence-corrected chi connectivity index (χ3v) is 5.07. The topological polar surface area (TPSA) is 23.5 Å². The van der Waals surface area contributed by atoms with Crippen LogP contribution in [0.5, 0.6) is 0 Å². The fourth-order valence-corrected chi connectivity index (χ4v) is 4.34. The summed E-state index contributed by atoms with van der Waals surface area (Å²) in [6.07, 6.45) is 3.40. The van der Waals surface area contributed by atoms with E-state index in [9.17, 15) is 5.11 Å². The Balaban J connectivity index is 1.94. The van der Waals surface area contributed by atoms with Crippen LogP contribution in [-0.4, -0.2) is 30.1 Å². The number of likely N-dealkylation sites (tertiary alicyclic amines) is 1. The molecule has 2 heterocycles. The molecule has 1 aromatic rings. The Bertz CT molecular complexity index is 364.